The molecule has 6 heteroatoms. The molecule has 0 radical (unpaired) electrons. The van der Waals surface area contributed by atoms with E-state index in [1.165, 1.54) is 11.1 Å². The second-order valence-corrected chi connectivity index (χ2v) is 8.92. The molecule has 0 amide bonds. The topological polar surface area (TPSA) is 60.0 Å². The molecular formula is C26H31N5O. The van der Waals surface area contributed by atoms with Crippen LogP contribution in [0.15, 0.2) is 59.0 Å². The van der Waals surface area contributed by atoms with Gasteiger partial charge in [-0.25, -0.2) is 4.68 Å². The largest absolute Gasteiger partial charge is 0.459 e. The second kappa shape index (κ2) is 9.25. The molecule has 1 saturated heterocycles. The smallest absolute Gasteiger partial charge is 0.176 e. The van der Waals surface area contributed by atoms with Crippen LogP contribution in [-0.4, -0.2) is 38.2 Å². The number of para-hydroxylation sites is 1. The highest BCUT2D eigenvalue weighted by Gasteiger charge is 2.33. The number of piperidine rings is 1. The summed E-state index contributed by atoms with van der Waals surface area (Å²) in [6, 6.07) is 19.3. The molecule has 1 aliphatic heterocycles. The van der Waals surface area contributed by atoms with Crippen LogP contribution in [0.2, 0.25) is 0 Å². The lowest BCUT2D eigenvalue weighted by molar-refractivity contribution is 0.150. The fourth-order valence-electron chi connectivity index (χ4n) is 4.81. The average molecular weight is 430 g/mol. The van der Waals surface area contributed by atoms with Crippen molar-refractivity contribution in [1.29, 1.82) is 0 Å². The van der Waals surface area contributed by atoms with Crippen LogP contribution >= 0.6 is 0 Å². The number of benzene rings is 2. The maximum Gasteiger partial charge on any atom is 0.176 e. The number of hydrogen-bond donors (Lipinski definition) is 0. The molecule has 5 rings (SSSR count). The molecule has 0 N–H and O–H groups in total. The van der Waals surface area contributed by atoms with Crippen molar-refractivity contribution in [3.63, 3.8) is 0 Å². The zero-order valence-electron chi connectivity index (χ0n) is 18.9. The van der Waals surface area contributed by atoms with E-state index < -0.39 is 0 Å². The molecule has 0 spiro atoms. The molecule has 1 atom stereocenters. The Balaban J connectivity index is 1.44. The lowest BCUT2D eigenvalue weighted by Crippen LogP contribution is -2.38. The molecule has 6 nitrogen and oxygen atoms in total. The number of likely N-dealkylation sites (tertiary alicyclic amines) is 1. The third kappa shape index (κ3) is 4.19. The van der Waals surface area contributed by atoms with E-state index in [1.807, 2.05) is 16.8 Å². The third-order valence-electron chi connectivity index (χ3n) is 6.69. The molecule has 1 fully saturated rings. The van der Waals surface area contributed by atoms with Crippen molar-refractivity contribution >= 4 is 11.0 Å². The highest BCUT2D eigenvalue weighted by Crippen LogP contribution is 2.37. The Hall–Kier alpha value is -2.99. The molecule has 0 aliphatic carbocycles. The summed E-state index contributed by atoms with van der Waals surface area (Å²) in [4.78, 5) is 2.50. The standard InChI is InChI=1S/C26H31N5O/c1-3-4-15-31-26(27-28-29-31)25(24-18-22-7-5-6-8-23(22)32-24)30-16-13-21(14-17-30)20-11-9-19(2)10-12-20/h5-12,18,21,25H,3-4,13-17H2,1-2H3. The van der Waals surface area contributed by atoms with Gasteiger partial charge >= 0.3 is 0 Å². The maximum atomic E-state index is 6.34. The molecule has 3 heterocycles. The summed E-state index contributed by atoms with van der Waals surface area (Å²) < 4.78 is 8.31. The monoisotopic (exact) mass is 429 g/mol. The van der Waals surface area contributed by atoms with Gasteiger partial charge in [0.25, 0.3) is 0 Å². The number of nitrogens with zero attached hydrogens (tertiary/aromatic N) is 5. The van der Waals surface area contributed by atoms with Gasteiger partial charge in [-0.05, 0) is 73.3 Å². The number of aryl methyl sites for hydroxylation is 2. The Morgan fingerprint density at radius 3 is 2.59 bits per heavy atom. The van der Waals surface area contributed by atoms with Gasteiger partial charge < -0.3 is 4.42 Å². The Kier molecular flexibility index (Phi) is 6.04. The van der Waals surface area contributed by atoms with Gasteiger partial charge in [-0.1, -0.05) is 61.4 Å². The highest BCUT2D eigenvalue weighted by atomic mass is 16.3. The molecule has 0 bridgehead atoms. The molecule has 32 heavy (non-hydrogen) atoms. The summed E-state index contributed by atoms with van der Waals surface area (Å²) in [7, 11) is 0. The first-order chi connectivity index (χ1) is 15.7. The normalized spacial score (nSPS) is 16.6. The van der Waals surface area contributed by atoms with Gasteiger partial charge in [0.15, 0.2) is 5.82 Å². The molecule has 2 aromatic carbocycles. The molecule has 0 saturated carbocycles. The van der Waals surface area contributed by atoms with E-state index in [4.69, 9.17) is 4.42 Å². The zero-order valence-corrected chi connectivity index (χ0v) is 18.9. The lowest BCUT2D eigenvalue weighted by atomic mass is 9.88. The van der Waals surface area contributed by atoms with Gasteiger partial charge in [0, 0.05) is 11.9 Å². The highest BCUT2D eigenvalue weighted by molar-refractivity contribution is 5.77. The molecule has 1 unspecified atom stereocenters. The summed E-state index contributed by atoms with van der Waals surface area (Å²) >= 11 is 0. The van der Waals surface area contributed by atoms with Crippen LogP contribution in [0.4, 0.5) is 0 Å². The van der Waals surface area contributed by atoms with Crippen molar-refractivity contribution in [1.82, 2.24) is 25.1 Å². The van der Waals surface area contributed by atoms with Crippen LogP contribution in [0.3, 0.4) is 0 Å². The third-order valence-corrected chi connectivity index (χ3v) is 6.69. The quantitative estimate of drug-likeness (QED) is 0.388. The van der Waals surface area contributed by atoms with Crippen LogP contribution in [-0.2, 0) is 6.54 Å². The van der Waals surface area contributed by atoms with E-state index in [0.717, 1.165) is 67.9 Å². The van der Waals surface area contributed by atoms with Crippen LogP contribution in [0.1, 0.15) is 67.3 Å². The van der Waals surface area contributed by atoms with Crippen molar-refractivity contribution in [3.8, 4) is 0 Å². The van der Waals surface area contributed by atoms with Crippen molar-refractivity contribution < 1.29 is 4.42 Å². The minimum Gasteiger partial charge on any atom is -0.459 e. The van der Waals surface area contributed by atoms with Gasteiger partial charge in [0.05, 0.1) is 0 Å². The number of unbranched alkanes of at least 4 members (excludes halogenated alkanes) is 1. The number of fused-ring (bicyclic) bond motifs is 1. The van der Waals surface area contributed by atoms with Crippen LogP contribution in [0, 0.1) is 6.92 Å². The van der Waals surface area contributed by atoms with Gasteiger partial charge in [0.1, 0.15) is 17.4 Å². The Morgan fingerprint density at radius 2 is 1.84 bits per heavy atom. The van der Waals surface area contributed by atoms with Gasteiger partial charge in [-0.2, -0.15) is 0 Å². The SMILES string of the molecule is CCCCn1nnnc1C(c1cc2ccccc2o1)N1CCC(c2ccc(C)cc2)CC1. The van der Waals surface area contributed by atoms with Crippen molar-refractivity contribution in [2.75, 3.05) is 13.1 Å². The van der Waals surface area contributed by atoms with E-state index in [2.05, 4.69) is 76.7 Å². The predicted octanol–water partition coefficient (Wildman–Crippen LogP) is 5.50. The predicted molar refractivity (Wildman–Crippen MR) is 126 cm³/mol. The fraction of sp³-hybridized carbons (Fsp3) is 0.423. The number of aromatic nitrogens is 4. The lowest BCUT2D eigenvalue weighted by Gasteiger charge is -2.36. The molecule has 4 aromatic rings. The van der Waals surface area contributed by atoms with E-state index in [9.17, 15) is 0 Å². The van der Waals surface area contributed by atoms with Crippen LogP contribution in [0.5, 0.6) is 0 Å². The molecule has 2 aromatic heterocycles. The first-order valence-electron chi connectivity index (χ1n) is 11.8. The van der Waals surface area contributed by atoms with Gasteiger partial charge in [-0.15, -0.1) is 5.10 Å². The number of hydrogen-bond acceptors (Lipinski definition) is 5. The second-order valence-electron chi connectivity index (χ2n) is 8.92. The van der Waals surface area contributed by atoms with Crippen molar-refractivity contribution in [3.05, 3.63) is 77.3 Å². The summed E-state index contributed by atoms with van der Waals surface area (Å²) in [5.41, 5.74) is 3.67. The van der Waals surface area contributed by atoms with E-state index in [1.54, 1.807) is 0 Å². The van der Waals surface area contributed by atoms with Crippen molar-refractivity contribution in [2.45, 2.75) is 58.0 Å². The zero-order chi connectivity index (χ0) is 21.9. The van der Waals surface area contributed by atoms with Gasteiger partial charge in [0.2, 0.25) is 0 Å². The van der Waals surface area contributed by atoms with Crippen LogP contribution < -0.4 is 0 Å². The summed E-state index contributed by atoms with van der Waals surface area (Å²) in [6.07, 6.45) is 4.41. The van der Waals surface area contributed by atoms with E-state index >= 15 is 0 Å². The number of furan rings is 1. The minimum atomic E-state index is -0.0757. The molecule has 1 aliphatic rings. The van der Waals surface area contributed by atoms with E-state index in [-0.39, 0.29) is 6.04 Å². The first-order valence-corrected chi connectivity index (χ1v) is 11.8. The van der Waals surface area contributed by atoms with Crippen molar-refractivity contribution in [2.24, 2.45) is 0 Å². The van der Waals surface area contributed by atoms with Crippen LogP contribution in [0.25, 0.3) is 11.0 Å². The summed E-state index contributed by atoms with van der Waals surface area (Å²) in [6.45, 7) is 7.14. The molecule has 166 valence electrons. The average Bonchev–Trinajstić information content (AvgIpc) is 3.46. The Labute approximate surface area is 189 Å². The summed E-state index contributed by atoms with van der Waals surface area (Å²) in [5, 5.41) is 13.9. The van der Waals surface area contributed by atoms with Gasteiger partial charge in [-0.3, -0.25) is 4.90 Å². The first kappa shape index (κ1) is 20.9. The number of tetrazole rings is 1. The Morgan fingerprint density at radius 1 is 1.06 bits per heavy atom. The van der Waals surface area contributed by atoms with E-state index in [0.29, 0.717) is 5.92 Å². The molecular weight excluding hydrogens is 398 g/mol. The summed E-state index contributed by atoms with van der Waals surface area (Å²) in [5.74, 6) is 2.40. The number of rotatable bonds is 7. The maximum absolute atomic E-state index is 6.34. The minimum absolute atomic E-state index is 0.0757. The fourth-order valence-corrected chi connectivity index (χ4v) is 4.81. The Bertz CT molecular complexity index is 1120.